The molecular weight excluding hydrogens is 219 g/mol. The van der Waals surface area contributed by atoms with Crippen molar-refractivity contribution >= 4 is 17.2 Å². The van der Waals surface area contributed by atoms with Gasteiger partial charge in [-0.2, -0.15) is 0 Å². The molecule has 0 unspecified atom stereocenters. The molecule has 0 saturated carbocycles. The van der Waals surface area contributed by atoms with Gasteiger partial charge in [0, 0.05) is 30.5 Å². The average Bonchev–Trinajstić information content (AvgIpc) is 2.90. The molecule has 17 heavy (non-hydrogen) atoms. The van der Waals surface area contributed by atoms with Crippen molar-refractivity contribution in [1.29, 1.82) is 0 Å². The van der Waals surface area contributed by atoms with E-state index >= 15 is 0 Å². The lowest BCUT2D eigenvalue weighted by Crippen LogP contribution is -2.14. The van der Waals surface area contributed by atoms with Crippen LogP contribution in [0, 0.1) is 5.82 Å². The van der Waals surface area contributed by atoms with E-state index in [4.69, 9.17) is 0 Å². The Bertz CT molecular complexity index is 504. The molecule has 0 atom stereocenters. The normalized spacial score (nSPS) is 20.9. The van der Waals surface area contributed by atoms with E-state index in [1.165, 1.54) is 12.1 Å². The Hall–Kier alpha value is -1.84. The summed E-state index contributed by atoms with van der Waals surface area (Å²) < 4.78 is 13.2. The van der Waals surface area contributed by atoms with E-state index in [0.717, 1.165) is 25.9 Å². The minimum Gasteiger partial charge on any atom is -0.377 e. The van der Waals surface area contributed by atoms with Crippen LogP contribution in [0.15, 0.2) is 24.4 Å². The number of benzene rings is 1. The van der Waals surface area contributed by atoms with Gasteiger partial charge in [-0.15, -0.1) is 0 Å². The van der Waals surface area contributed by atoms with E-state index in [2.05, 4.69) is 10.2 Å². The van der Waals surface area contributed by atoms with Crippen LogP contribution in [0.3, 0.4) is 0 Å². The van der Waals surface area contributed by atoms with Crippen LogP contribution in [0.5, 0.6) is 0 Å². The van der Waals surface area contributed by atoms with E-state index in [1.807, 2.05) is 6.20 Å². The summed E-state index contributed by atoms with van der Waals surface area (Å²) in [5.41, 5.74) is 1.94. The molecular formula is C13H13FN2O. The van der Waals surface area contributed by atoms with Gasteiger partial charge in [-0.25, -0.2) is 4.39 Å². The van der Waals surface area contributed by atoms with Crippen molar-refractivity contribution in [2.24, 2.45) is 0 Å². The van der Waals surface area contributed by atoms with Gasteiger partial charge in [0.25, 0.3) is 5.91 Å². The first-order chi connectivity index (χ1) is 8.24. The Morgan fingerprint density at radius 3 is 2.82 bits per heavy atom. The third-order valence-electron chi connectivity index (χ3n) is 3.22. The highest BCUT2D eigenvalue weighted by Gasteiger charge is 2.25. The lowest BCUT2D eigenvalue weighted by molar-refractivity contribution is -0.110. The van der Waals surface area contributed by atoms with Crippen molar-refractivity contribution in [3.05, 3.63) is 35.8 Å². The molecule has 2 aliphatic heterocycles. The molecule has 1 fully saturated rings. The predicted octanol–water partition coefficient (Wildman–Crippen LogP) is 2.21. The Kier molecular flexibility index (Phi) is 2.35. The molecule has 0 radical (unpaired) electrons. The first-order valence-electron chi connectivity index (χ1n) is 5.81. The van der Waals surface area contributed by atoms with Crippen LogP contribution in [0.1, 0.15) is 18.4 Å². The molecule has 3 nitrogen and oxygen atoms in total. The molecule has 4 heteroatoms. The van der Waals surface area contributed by atoms with Crippen LogP contribution in [0.2, 0.25) is 0 Å². The molecule has 88 valence electrons. The maximum atomic E-state index is 13.2. The van der Waals surface area contributed by atoms with Gasteiger partial charge in [-0.3, -0.25) is 4.79 Å². The third-order valence-corrected chi connectivity index (χ3v) is 3.22. The Morgan fingerprint density at radius 1 is 1.29 bits per heavy atom. The summed E-state index contributed by atoms with van der Waals surface area (Å²) in [6, 6.07) is 4.38. The highest BCUT2D eigenvalue weighted by molar-refractivity contribution is 6.31. The lowest BCUT2D eigenvalue weighted by Gasteiger charge is -2.11. The van der Waals surface area contributed by atoms with Crippen LogP contribution in [0.4, 0.5) is 10.1 Å². The van der Waals surface area contributed by atoms with Gasteiger partial charge in [0.05, 0.1) is 5.57 Å². The highest BCUT2D eigenvalue weighted by atomic mass is 19.1. The zero-order chi connectivity index (χ0) is 11.8. The molecule has 1 N–H and O–H groups in total. The van der Waals surface area contributed by atoms with Crippen molar-refractivity contribution < 1.29 is 9.18 Å². The summed E-state index contributed by atoms with van der Waals surface area (Å²) in [6.45, 7) is 1.95. The molecule has 1 aromatic rings. The summed E-state index contributed by atoms with van der Waals surface area (Å²) in [6.07, 6.45) is 4.16. The van der Waals surface area contributed by atoms with E-state index in [-0.39, 0.29) is 11.7 Å². The van der Waals surface area contributed by atoms with Crippen molar-refractivity contribution in [3.63, 3.8) is 0 Å². The van der Waals surface area contributed by atoms with Gasteiger partial charge in [0.1, 0.15) is 5.82 Å². The lowest BCUT2D eigenvalue weighted by atomic mass is 10.1. The Balaban J connectivity index is 2.00. The molecule has 3 rings (SSSR count). The molecule has 2 heterocycles. The van der Waals surface area contributed by atoms with Crippen molar-refractivity contribution in [1.82, 2.24) is 4.90 Å². The fourth-order valence-electron chi connectivity index (χ4n) is 2.34. The van der Waals surface area contributed by atoms with Gasteiger partial charge in [0.2, 0.25) is 0 Å². The monoisotopic (exact) mass is 232 g/mol. The van der Waals surface area contributed by atoms with E-state index in [1.54, 1.807) is 6.07 Å². The van der Waals surface area contributed by atoms with Gasteiger partial charge >= 0.3 is 0 Å². The smallest absolute Gasteiger partial charge is 0.257 e. The minimum atomic E-state index is -0.312. The maximum absolute atomic E-state index is 13.2. The molecule has 1 amide bonds. The van der Waals surface area contributed by atoms with Gasteiger partial charge in [0.15, 0.2) is 0 Å². The number of hydrogen-bond donors (Lipinski definition) is 1. The zero-order valence-electron chi connectivity index (χ0n) is 9.37. The van der Waals surface area contributed by atoms with Crippen LogP contribution < -0.4 is 5.32 Å². The number of anilines is 1. The second kappa shape index (κ2) is 3.87. The fourth-order valence-corrected chi connectivity index (χ4v) is 2.34. The van der Waals surface area contributed by atoms with Crippen LogP contribution >= 0.6 is 0 Å². The average molecular weight is 232 g/mol. The summed E-state index contributed by atoms with van der Waals surface area (Å²) in [7, 11) is 0. The van der Waals surface area contributed by atoms with Crippen molar-refractivity contribution in [3.8, 4) is 0 Å². The summed E-state index contributed by atoms with van der Waals surface area (Å²) >= 11 is 0. The number of hydrogen-bond acceptors (Lipinski definition) is 2. The van der Waals surface area contributed by atoms with E-state index in [9.17, 15) is 9.18 Å². The van der Waals surface area contributed by atoms with Gasteiger partial charge in [-0.1, -0.05) is 0 Å². The van der Waals surface area contributed by atoms with Gasteiger partial charge in [-0.05, 0) is 31.0 Å². The van der Waals surface area contributed by atoms with Crippen LogP contribution in [0.25, 0.3) is 5.57 Å². The molecule has 2 aliphatic rings. The number of carbonyl (C=O) groups is 1. The SMILES string of the molecule is O=C1Nc2ccc(F)cc2/C1=C\N1CCCC1. The maximum Gasteiger partial charge on any atom is 0.257 e. The number of carbonyl (C=O) groups excluding carboxylic acids is 1. The third kappa shape index (κ3) is 1.79. The number of amides is 1. The fraction of sp³-hybridized carbons (Fsp3) is 0.308. The molecule has 1 saturated heterocycles. The van der Waals surface area contributed by atoms with Crippen LogP contribution in [-0.2, 0) is 4.79 Å². The standard InChI is InChI=1S/C13H13FN2O/c14-9-3-4-12-10(7-9)11(13(17)15-12)8-16-5-1-2-6-16/h3-4,7-8H,1-2,5-6H2,(H,15,17)/b11-8+. The second-order valence-corrected chi connectivity index (χ2v) is 4.43. The minimum absolute atomic E-state index is 0.141. The summed E-state index contributed by atoms with van der Waals surface area (Å²) in [4.78, 5) is 13.9. The van der Waals surface area contributed by atoms with E-state index in [0.29, 0.717) is 16.8 Å². The number of likely N-dealkylation sites (tertiary alicyclic amines) is 1. The summed E-state index contributed by atoms with van der Waals surface area (Å²) in [5, 5.41) is 2.75. The number of nitrogens with zero attached hydrogens (tertiary/aromatic N) is 1. The zero-order valence-corrected chi connectivity index (χ0v) is 9.37. The molecule has 1 aromatic carbocycles. The topological polar surface area (TPSA) is 32.3 Å². The van der Waals surface area contributed by atoms with E-state index < -0.39 is 0 Å². The summed E-state index contributed by atoms with van der Waals surface area (Å²) in [5.74, 6) is -0.454. The molecule has 0 spiro atoms. The van der Waals surface area contributed by atoms with Crippen LogP contribution in [-0.4, -0.2) is 23.9 Å². The molecule has 0 aromatic heterocycles. The predicted molar refractivity (Wildman–Crippen MR) is 63.8 cm³/mol. The second-order valence-electron chi connectivity index (χ2n) is 4.43. The Labute approximate surface area is 98.9 Å². The first-order valence-corrected chi connectivity index (χ1v) is 5.81. The number of nitrogens with one attached hydrogen (secondary N) is 1. The highest BCUT2D eigenvalue weighted by Crippen LogP contribution is 2.32. The number of halogens is 1. The van der Waals surface area contributed by atoms with Crippen molar-refractivity contribution in [2.45, 2.75) is 12.8 Å². The first kappa shape index (κ1) is 10.3. The quantitative estimate of drug-likeness (QED) is 0.753. The van der Waals surface area contributed by atoms with Gasteiger partial charge < -0.3 is 10.2 Å². The van der Waals surface area contributed by atoms with Crippen molar-refractivity contribution in [2.75, 3.05) is 18.4 Å². The number of fused-ring (bicyclic) bond motifs is 1. The molecule has 0 bridgehead atoms. The molecule has 0 aliphatic carbocycles. The number of rotatable bonds is 1. The Morgan fingerprint density at radius 2 is 2.06 bits per heavy atom. The largest absolute Gasteiger partial charge is 0.377 e.